The van der Waals surface area contributed by atoms with E-state index in [4.69, 9.17) is 10.5 Å². The molecule has 0 aromatic heterocycles. The fourth-order valence-electron chi connectivity index (χ4n) is 2.08. The summed E-state index contributed by atoms with van der Waals surface area (Å²) in [6.07, 6.45) is 5.12. The van der Waals surface area contributed by atoms with Crippen LogP contribution < -0.4 is 5.73 Å². The largest absolute Gasteiger partial charge is 0.377 e. The predicted octanol–water partition coefficient (Wildman–Crippen LogP) is 2.00. The molecule has 0 aromatic carbocycles. The lowest BCUT2D eigenvalue weighted by atomic mass is 10.0. The van der Waals surface area contributed by atoms with E-state index in [0.29, 0.717) is 6.10 Å². The second kappa shape index (κ2) is 6.58. The molecule has 3 heteroatoms. The highest BCUT2D eigenvalue weighted by atomic mass is 16.5. The van der Waals surface area contributed by atoms with Gasteiger partial charge in [0, 0.05) is 18.7 Å². The van der Waals surface area contributed by atoms with Crippen molar-refractivity contribution >= 4 is 0 Å². The Morgan fingerprint density at radius 1 is 1.44 bits per heavy atom. The molecule has 0 bridgehead atoms. The summed E-state index contributed by atoms with van der Waals surface area (Å²) in [6, 6.07) is 0. The van der Waals surface area contributed by atoms with Gasteiger partial charge in [-0.2, -0.15) is 0 Å². The number of rotatable bonds is 6. The number of hydrogen-bond donors (Lipinski definition) is 1. The van der Waals surface area contributed by atoms with Gasteiger partial charge in [-0.3, -0.25) is 0 Å². The molecule has 3 nitrogen and oxygen atoms in total. The van der Waals surface area contributed by atoms with Gasteiger partial charge in [-0.25, -0.2) is 0 Å². The fourth-order valence-corrected chi connectivity index (χ4v) is 2.08. The molecule has 1 heterocycles. The van der Waals surface area contributed by atoms with Crippen molar-refractivity contribution < 1.29 is 4.74 Å². The summed E-state index contributed by atoms with van der Waals surface area (Å²) in [5, 5.41) is 0. The third-order valence-electron chi connectivity index (χ3n) is 3.09. The maximum absolute atomic E-state index is 6.01. The van der Waals surface area contributed by atoms with E-state index in [1.165, 1.54) is 19.4 Å². The maximum Gasteiger partial charge on any atom is 0.0702 e. The molecule has 0 radical (unpaired) electrons. The van der Waals surface area contributed by atoms with Crippen LogP contribution in [0.25, 0.3) is 0 Å². The Kier molecular flexibility index (Phi) is 5.73. The molecule has 1 aliphatic heterocycles. The van der Waals surface area contributed by atoms with Crippen molar-refractivity contribution in [1.82, 2.24) is 4.90 Å². The number of nitrogens with zero attached hydrogens (tertiary/aromatic N) is 1. The number of piperidine rings is 1. The Morgan fingerprint density at radius 3 is 2.81 bits per heavy atom. The molecule has 1 saturated heterocycles. The lowest BCUT2D eigenvalue weighted by Gasteiger charge is -2.34. The number of likely N-dealkylation sites (tertiary alicyclic amines) is 1. The lowest BCUT2D eigenvalue weighted by Crippen LogP contribution is -2.43. The van der Waals surface area contributed by atoms with Crippen LogP contribution in [-0.4, -0.2) is 42.8 Å². The highest BCUT2D eigenvalue weighted by Crippen LogP contribution is 2.15. The van der Waals surface area contributed by atoms with E-state index >= 15 is 0 Å². The van der Waals surface area contributed by atoms with Crippen molar-refractivity contribution in [3.63, 3.8) is 0 Å². The van der Waals surface area contributed by atoms with Gasteiger partial charge >= 0.3 is 0 Å². The third kappa shape index (κ3) is 5.83. The van der Waals surface area contributed by atoms with Crippen molar-refractivity contribution in [2.75, 3.05) is 26.2 Å². The Morgan fingerprint density at radius 2 is 2.19 bits per heavy atom. The van der Waals surface area contributed by atoms with E-state index in [9.17, 15) is 0 Å². The molecule has 1 fully saturated rings. The Hall–Kier alpha value is -0.120. The van der Waals surface area contributed by atoms with Crippen LogP contribution >= 0.6 is 0 Å². The molecule has 0 amide bonds. The Bertz CT molecular complexity index is 189. The van der Waals surface area contributed by atoms with Crippen LogP contribution in [0.3, 0.4) is 0 Å². The monoisotopic (exact) mass is 228 g/mol. The number of hydrogen-bond acceptors (Lipinski definition) is 3. The van der Waals surface area contributed by atoms with Crippen molar-refractivity contribution in [3.05, 3.63) is 0 Å². The van der Waals surface area contributed by atoms with Gasteiger partial charge in [-0.05, 0) is 52.6 Å². The molecule has 0 aromatic rings. The number of nitrogens with two attached hydrogens (primary N) is 1. The minimum atomic E-state index is -0.0444. The molecule has 1 rings (SSSR count). The summed E-state index contributed by atoms with van der Waals surface area (Å²) in [5.74, 6) is 0. The molecular weight excluding hydrogens is 200 g/mol. The smallest absolute Gasteiger partial charge is 0.0702 e. The fraction of sp³-hybridized carbons (Fsp3) is 1.00. The van der Waals surface area contributed by atoms with E-state index in [1.54, 1.807) is 0 Å². The predicted molar refractivity (Wildman–Crippen MR) is 68.6 cm³/mol. The summed E-state index contributed by atoms with van der Waals surface area (Å²) in [4.78, 5) is 2.50. The first-order valence-corrected chi connectivity index (χ1v) is 6.64. The van der Waals surface area contributed by atoms with E-state index < -0.39 is 0 Å². The lowest BCUT2D eigenvalue weighted by molar-refractivity contribution is -0.00131. The van der Waals surface area contributed by atoms with Crippen LogP contribution in [0, 0.1) is 0 Å². The van der Waals surface area contributed by atoms with Crippen molar-refractivity contribution in [1.29, 1.82) is 0 Å². The SMILES string of the molecule is CCCOC1CCCN(CCC(C)(C)N)C1. The standard InChI is InChI=1S/C13H28N2O/c1-4-10-16-12-6-5-8-15(11-12)9-7-13(2,3)14/h12H,4-11,14H2,1-3H3. The molecular formula is C13H28N2O. The second-order valence-electron chi connectivity index (χ2n) is 5.67. The van der Waals surface area contributed by atoms with E-state index in [0.717, 1.165) is 32.5 Å². The average Bonchev–Trinajstić information content (AvgIpc) is 2.23. The zero-order valence-electron chi connectivity index (χ0n) is 11.2. The van der Waals surface area contributed by atoms with Crippen LogP contribution in [0.1, 0.15) is 46.5 Å². The van der Waals surface area contributed by atoms with Crippen LogP contribution in [0.15, 0.2) is 0 Å². The zero-order chi connectivity index (χ0) is 12.0. The van der Waals surface area contributed by atoms with Crippen molar-refractivity contribution in [2.24, 2.45) is 5.73 Å². The van der Waals surface area contributed by atoms with Crippen LogP contribution in [0.5, 0.6) is 0 Å². The van der Waals surface area contributed by atoms with E-state index in [-0.39, 0.29) is 5.54 Å². The summed E-state index contributed by atoms with van der Waals surface area (Å²) < 4.78 is 5.82. The topological polar surface area (TPSA) is 38.5 Å². The van der Waals surface area contributed by atoms with Crippen molar-refractivity contribution in [2.45, 2.75) is 58.1 Å². The van der Waals surface area contributed by atoms with Gasteiger partial charge < -0.3 is 15.4 Å². The quantitative estimate of drug-likeness (QED) is 0.756. The normalized spacial score (nSPS) is 23.6. The molecule has 1 aliphatic rings. The first kappa shape index (κ1) is 13.9. The van der Waals surface area contributed by atoms with Gasteiger partial charge in [0.1, 0.15) is 0 Å². The molecule has 2 N–H and O–H groups in total. The Balaban J connectivity index is 2.22. The molecule has 16 heavy (non-hydrogen) atoms. The molecule has 1 unspecified atom stereocenters. The van der Waals surface area contributed by atoms with Gasteiger partial charge in [-0.1, -0.05) is 6.92 Å². The van der Waals surface area contributed by atoms with E-state index in [2.05, 4.69) is 25.7 Å². The highest BCUT2D eigenvalue weighted by Gasteiger charge is 2.21. The minimum Gasteiger partial charge on any atom is -0.377 e. The average molecular weight is 228 g/mol. The molecule has 0 aliphatic carbocycles. The summed E-state index contributed by atoms with van der Waals surface area (Å²) in [7, 11) is 0. The first-order valence-electron chi connectivity index (χ1n) is 6.64. The van der Waals surface area contributed by atoms with Crippen molar-refractivity contribution in [3.8, 4) is 0 Å². The summed E-state index contributed by atoms with van der Waals surface area (Å²) in [6.45, 7) is 10.7. The minimum absolute atomic E-state index is 0.0444. The van der Waals surface area contributed by atoms with Gasteiger partial charge in [0.05, 0.1) is 6.10 Å². The number of ether oxygens (including phenoxy) is 1. The molecule has 1 atom stereocenters. The molecule has 96 valence electrons. The summed E-state index contributed by atoms with van der Waals surface area (Å²) in [5.41, 5.74) is 5.97. The molecule has 0 spiro atoms. The highest BCUT2D eigenvalue weighted by molar-refractivity contribution is 4.78. The first-order chi connectivity index (χ1) is 7.51. The third-order valence-corrected chi connectivity index (χ3v) is 3.09. The van der Waals surface area contributed by atoms with Gasteiger partial charge in [0.15, 0.2) is 0 Å². The zero-order valence-corrected chi connectivity index (χ0v) is 11.2. The van der Waals surface area contributed by atoms with Gasteiger partial charge in [0.2, 0.25) is 0 Å². The van der Waals surface area contributed by atoms with E-state index in [1.807, 2.05) is 0 Å². The van der Waals surface area contributed by atoms with Gasteiger partial charge in [0.25, 0.3) is 0 Å². The maximum atomic E-state index is 6.01. The Labute approximate surface area is 100 Å². The molecule has 0 saturated carbocycles. The van der Waals surface area contributed by atoms with Crippen LogP contribution in [-0.2, 0) is 4.74 Å². The summed E-state index contributed by atoms with van der Waals surface area (Å²) >= 11 is 0. The van der Waals surface area contributed by atoms with Gasteiger partial charge in [-0.15, -0.1) is 0 Å². The van der Waals surface area contributed by atoms with Crippen LogP contribution in [0.2, 0.25) is 0 Å². The van der Waals surface area contributed by atoms with Crippen LogP contribution in [0.4, 0.5) is 0 Å². The second-order valence-corrected chi connectivity index (χ2v) is 5.67.